The summed E-state index contributed by atoms with van der Waals surface area (Å²) in [5.74, 6) is -3.90. The van der Waals surface area contributed by atoms with Crippen LogP contribution in [0.15, 0.2) is 24.3 Å². The molecule has 0 saturated carbocycles. The first-order valence-corrected chi connectivity index (χ1v) is 10.5. The molecule has 1 aromatic rings. The molecule has 2 rings (SSSR count). The molecule has 1 aromatic carbocycles. The molecule has 0 aliphatic carbocycles. The van der Waals surface area contributed by atoms with Crippen LogP contribution in [0, 0.1) is 0 Å². The zero-order valence-corrected chi connectivity index (χ0v) is 18.2. The average Bonchev–Trinajstić information content (AvgIpc) is 3.23. The highest BCUT2D eigenvalue weighted by Crippen LogP contribution is 2.18. The molecule has 1 aliphatic rings. The molecule has 0 aromatic heterocycles. The lowest BCUT2D eigenvalue weighted by Gasteiger charge is -2.27. The second-order valence-electron chi connectivity index (χ2n) is 7.97. The van der Waals surface area contributed by atoms with Crippen LogP contribution in [0.3, 0.4) is 0 Å². The molecule has 12 nitrogen and oxygen atoms in total. The van der Waals surface area contributed by atoms with Crippen molar-refractivity contribution in [3.8, 4) is 5.75 Å². The highest BCUT2D eigenvalue weighted by Gasteiger charge is 2.37. The fraction of sp³-hybridized carbons (Fsp3) is 0.476. The summed E-state index contributed by atoms with van der Waals surface area (Å²) in [6.07, 6.45) is 0.461. The summed E-state index contributed by atoms with van der Waals surface area (Å²) in [7, 11) is 0. The van der Waals surface area contributed by atoms with Gasteiger partial charge in [0.1, 0.15) is 23.9 Å². The highest BCUT2D eigenvalue weighted by molar-refractivity contribution is 5.95. The van der Waals surface area contributed by atoms with Gasteiger partial charge in [-0.2, -0.15) is 0 Å². The number of primary amides is 1. The fourth-order valence-electron chi connectivity index (χ4n) is 3.58. The van der Waals surface area contributed by atoms with Gasteiger partial charge in [-0.15, -0.1) is 0 Å². The number of nitrogens with two attached hydrogens (primary N) is 2. The van der Waals surface area contributed by atoms with Crippen LogP contribution in [-0.4, -0.2) is 75.4 Å². The molecule has 12 heteroatoms. The van der Waals surface area contributed by atoms with Crippen molar-refractivity contribution in [1.82, 2.24) is 15.5 Å². The summed E-state index contributed by atoms with van der Waals surface area (Å²) in [5.41, 5.74) is 11.3. The first kappa shape index (κ1) is 25.6. The van der Waals surface area contributed by atoms with Gasteiger partial charge in [0.15, 0.2) is 0 Å². The standard InChI is InChI=1S/C21H29N5O7/c1-11(20(31)26-8-2-3-16(26)21(32)33)24-19(30)15(9-12-4-6-13(27)7-5-12)25-18(29)14(22)10-17(23)28/h4-7,11,14-16,27H,2-3,8-10,22H2,1H3,(H2,23,28)(H,24,30)(H,25,29)(H,32,33). The number of aromatic hydroxyl groups is 1. The van der Waals surface area contributed by atoms with Crippen molar-refractivity contribution in [3.05, 3.63) is 29.8 Å². The van der Waals surface area contributed by atoms with E-state index in [1.165, 1.54) is 24.0 Å². The van der Waals surface area contributed by atoms with Crippen molar-refractivity contribution in [3.63, 3.8) is 0 Å². The van der Waals surface area contributed by atoms with E-state index < -0.39 is 60.2 Å². The van der Waals surface area contributed by atoms with Crippen LogP contribution in [0.25, 0.3) is 0 Å². The van der Waals surface area contributed by atoms with E-state index in [0.29, 0.717) is 18.4 Å². The molecular formula is C21H29N5O7. The molecule has 1 heterocycles. The van der Waals surface area contributed by atoms with Crippen LogP contribution in [-0.2, 0) is 30.4 Å². The molecule has 180 valence electrons. The molecule has 0 radical (unpaired) electrons. The lowest BCUT2D eigenvalue weighted by atomic mass is 10.0. The molecule has 33 heavy (non-hydrogen) atoms. The van der Waals surface area contributed by atoms with Gasteiger partial charge < -0.3 is 37.2 Å². The van der Waals surface area contributed by atoms with Crippen molar-refractivity contribution >= 4 is 29.6 Å². The predicted octanol–water partition coefficient (Wildman–Crippen LogP) is -1.80. The van der Waals surface area contributed by atoms with Crippen LogP contribution >= 0.6 is 0 Å². The van der Waals surface area contributed by atoms with Gasteiger partial charge in [0.25, 0.3) is 0 Å². The molecular weight excluding hydrogens is 434 g/mol. The molecule has 1 aliphatic heterocycles. The number of phenols is 1. The summed E-state index contributed by atoms with van der Waals surface area (Å²) >= 11 is 0. The maximum atomic E-state index is 12.9. The zero-order chi connectivity index (χ0) is 24.7. The van der Waals surface area contributed by atoms with Crippen LogP contribution in [0.5, 0.6) is 5.75 Å². The van der Waals surface area contributed by atoms with Gasteiger partial charge in [0.05, 0.1) is 12.5 Å². The summed E-state index contributed by atoms with van der Waals surface area (Å²) in [6.45, 7) is 1.70. The van der Waals surface area contributed by atoms with Crippen LogP contribution < -0.4 is 22.1 Å². The molecule has 1 fully saturated rings. The van der Waals surface area contributed by atoms with Crippen molar-refractivity contribution in [2.75, 3.05) is 6.54 Å². The average molecular weight is 463 g/mol. The Balaban J connectivity index is 2.13. The Morgan fingerprint density at radius 1 is 1.12 bits per heavy atom. The number of likely N-dealkylation sites (tertiary alicyclic amines) is 1. The van der Waals surface area contributed by atoms with E-state index in [0.717, 1.165) is 0 Å². The third-order valence-corrected chi connectivity index (χ3v) is 5.32. The monoisotopic (exact) mass is 463 g/mol. The van der Waals surface area contributed by atoms with Crippen molar-refractivity contribution in [2.24, 2.45) is 11.5 Å². The van der Waals surface area contributed by atoms with E-state index in [9.17, 15) is 34.2 Å². The summed E-state index contributed by atoms with van der Waals surface area (Å²) in [5, 5.41) is 23.7. The number of carboxylic acid groups (broad SMARTS) is 1. The minimum Gasteiger partial charge on any atom is -0.508 e. The second kappa shape index (κ2) is 11.3. The highest BCUT2D eigenvalue weighted by atomic mass is 16.4. The number of nitrogens with one attached hydrogen (secondary N) is 2. The molecule has 0 spiro atoms. The van der Waals surface area contributed by atoms with Gasteiger partial charge in [0, 0.05) is 13.0 Å². The van der Waals surface area contributed by atoms with Crippen LogP contribution in [0.2, 0.25) is 0 Å². The van der Waals surface area contributed by atoms with E-state index in [4.69, 9.17) is 11.5 Å². The zero-order valence-electron chi connectivity index (χ0n) is 18.2. The lowest BCUT2D eigenvalue weighted by molar-refractivity contribution is -0.149. The second-order valence-corrected chi connectivity index (χ2v) is 7.97. The van der Waals surface area contributed by atoms with Gasteiger partial charge in [-0.3, -0.25) is 19.2 Å². The summed E-state index contributed by atoms with van der Waals surface area (Å²) in [4.78, 5) is 61.7. The number of hydrogen-bond acceptors (Lipinski definition) is 7. The minimum atomic E-state index is -1.27. The number of carbonyl (C=O) groups excluding carboxylic acids is 4. The topological polar surface area (TPSA) is 205 Å². The number of aliphatic carboxylic acids is 1. The third kappa shape index (κ3) is 7.17. The molecule has 1 saturated heterocycles. The number of amides is 4. The van der Waals surface area contributed by atoms with E-state index in [1.54, 1.807) is 12.1 Å². The SMILES string of the molecule is CC(NC(=O)C(Cc1ccc(O)cc1)NC(=O)C(N)CC(N)=O)C(=O)N1CCCC1C(=O)O. The van der Waals surface area contributed by atoms with Gasteiger partial charge in [-0.1, -0.05) is 12.1 Å². The van der Waals surface area contributed by atoms with Gasteiger partial charge in [-0.25, -0.2) is 4.79 Å². The van der Waals surface area contributed by atoms with Crippen molar-refractivity contribution < 1.29 is 34.2 Å². The Hall–Kier alpha value is -3.67. The molecule has 0 bridgehead atoms. The Bertz CT molecular complexity index is 905. The third-order valence-electron chi connectivity index (χ3n) is 5.32. The maximum Gasteiger partial charge on any atom is 0.326 e. The van der Waals surface area contributed by atoms with E-state index >= 15 is 0 Å². The molecule has 4 amide bonds. The largest absolute Gasteiger partial charge is 0.508 e. The quantitative estimate of drug-likeness (QED) is 0.233. The Labute approximate surface area is 190 Å². The van der Waals surface area contributed by atoms with E-state index in [-0.39, 0.29) is 18.7 Å². The number of nitrogens with zero attached hydrogens (tertiary/aromatic N) is 1. The van der Waals surface area contributed by atoms with E-state index in [2.05, 4.69) is 10.6 Å². The predicted molar refractivity (Wildman–Crippen MR) is 116 cm³/mol. The van der Waals surface area contributed by atoms with Crippen LogP contribution in [0.4, 0.5) is 0 Å². The van der Waals surface area contributed by atoms with E-state index in [1.807, 2.05) is 0 Å². The number of carboxylic acids is 1. The van der Waals surface area contributed by atoms with Gasteiger partial charge in [0.2, 0.25) is 23.6 Å². The fourth-order valence-corrected chi connectivity index (χ4v) is 3.58. The smallest absolute Gasteiger partial charge is 0.326 e. The number of carbonyl (C=O) groups is 5. The Morgan fingerprint density at radius 3 is 2.33 bits per heavy atom. The number of phenolic OH excluding ortho intramolecular Hbond substituents is 1. The summed E-state index contributed by atoms with van der Waals surface area (Å²) < 4.78 is 0. The van der Waals surface area contributed by atoms with Crippen molar-refractivity contribution in [1.29, 1.82) is 0 Å². The Kier molecular flexibility index (Phi) is 8.74. The van der Waals surface area contributed by atoms with Crippen molar-refractivity contribution in [2.45, 2.75) is 56.8 Å². The van der Waals surface area contributed by atoms with Crippen LogP contribution in [0.1, 0.15) is 31.7 Å². The number of benzene rings is 1. The Morgan fingerprint density at radius 2 is 1.76 bits per heavy atom. The molecule has 8 N–H and O–H groups in total. The molecule has 4 unspecified atom stereocenters. The first-order valence-electron chi connectivity index (χ1n) is 10.5. The first-order chi connectivity index (χ1) is 15.5. The van der Waals surface area contributed by atoms with Gasteiger partial charge in [-0.05, 0) is 37.5 Å². The number of hydrogen-bond donors (Lipinski definition) is 6. The van der Waals surface area contributed by atoms with Gasteiger partial charge >= 0.3 is 5.97 Å². The maximum absolute atomic E-state index is 12.9. The normalized spacial score (nSPS) is 18.1. The summed E-state index contributed by atoms with van der Waals surface area (Å²) in [6, 6.07) is 1.52. The molecule has 4 atom stereocenters. The lowest BCUT2D eigenvalue weighted by Crippen LogP contribution is -2.57. The minimum absolute atomic E-state index is 0.00349. The number of rotatable bonds is 10.